The summed E-state index contributed by atoms with van der Waals surface area (Å²) in [7, 11) is 0. The van der Waals surface area contributed by atoms with Gasteiger partial charge < -0.3 is 10.6 Å². The molecule has 136 valence electrons. The molecule has 0 saturated heterocycles. The van der Waals surface area contributed by atoms with Crippen molar-refractivity contribution in [3.05, 3.63) is 41.5 Å². The summed E-state index contributed by atoms with van der Waals surface area (Å²) in [5, 5.41) is 4.79. The van der Waals surface area contributed by atoms with Crippen molar-refractivity contribution >= 4 is 17.5 Å². The van der Waals surface area contributed by atoms with E-state index in [9.17, 15) is 22.8 Å². The molecule has 4 nitrogen and oxygen atoms in total. The molecule has 1 aromatic carbocycles. The second-order valence-corrected chi connectivity index (χ2v) is 5.98. The molecule has 0 heterocycles. The van der Waals surface area contributed by atoms with E-state index in [4.69, 9.17) is 0 Å². The molecule has 1 aromatic rings. The predicted octanol–water partition coefficient (Wildman–Crippen LogP) is 4.04. The van der Waals surface area contributed by atoms with E-state index in [0.717, 1.165) is 37.8 Å². The number of anilines is 1. The zero-order valence-corrected chi connectivity index (χ0v) is 13.8. The number of carbonyl (C=O) groups is 2. The maximum atomic E-state index is 12.9. The molecule has 1 aliphatic rings. The smallest absolute Gasteiger partial charge is 0.355 e. The Bertz CT molecular complexity index is 654. The van der Waals surface area contributed by atoms with Crippen LogP contribution >= 0.6 is 0 Å². The molecule has 0 aliphatic heterocycles. The van der Waals surface area contributed by atoms with Crippen LogP contribution in [0.5, 0.6) is 0 Å². The van der Waals surface area contributed by atoms with Gasteiger partial charge in [-0.3, -0.25) is 9.59 Å². The van der Waals surface area contributed by atoms with Crippen LogP contribution in [0.25, 0.3) is 0 Å². The van der Waals surface area contributed by atoms with E-state index in [1.807, 2.05) is 0 Å². The van der Waals surface area contributed by atoms with E-state index in [1.54, 1.807) is 0 Å². The van der Waals surface area contributed by atoms with Crippen LogP contribution in [0.15, 0.2) is 35.9 Å². The summed E-state index contributed by atoms with van der Waals surface area (Å²) in [6, 6.07) is 4.68. The lowest BCUT2D eigenvalue weighted by molar-refractivity contribution is -0.137. The number of hydrogen-bond acceptors (Lipinski definition) is 2. The lowest BCUT2D eigenvalue weighted by Gasteiger charge is -2.14. The third kappa shape index (κ3) is 6.25. The molecule has 0 aromatic heterocycles. The average Bonchev–Trinajstić information content (AvgIpc) is 2.55. The topological polar surface area (TPSA) is 58.2 Å². The largest absolute Gasteiger partial charge is 0.418 e. The van der Waals surface area contributed by atoms with Crippen LogP contribution in [0.3, 0.4) is 0 Å². The minimum absolute atomic E-state index is 0.347. The Labute approximate surface area is 144 Å². The van der Waals surface area contributed by atoms with Gasteiger partial charge in [-0.1, -0.05) is 23.8 Å². The Morgan fingerprint density at radius 2 is 1.84 bits per heavy atom. The van der Waals surface area contributed by atoms with E-state index in [-0.39, 0.29) is 5.69 Å². The van der Waals surface area contributed by atoms with Crippen LogP contribution in [0.4, 0.5) is 18.9 Å². The molecule has 2 N–H and O–H groups in total. The number of alkyl halides is 3. The third-order valence-electron chi connectivity index (χ3n) is 3.98. The minimum atomic E-state index is -4.57. The van der Waals surface area contributed by atoms with Gasteiger partial charge in [-0.25, -0.2) is 0 Å². The van der Waals surface area contributed by atoms with Crippen molar-refractivity contribution < 1.29 is 22.8 Å². The lowest BCUT2D eigenvalue weighted by Crippen LogP contribution is -2.29. The van der Waals surface area contributed by atoms with Crippen LogP contribution in [-0.2, 0) is 15.8 Å². The molecule has 0 bridgehead atoms. The normalized spacial score (nSPS) is 14.6. The van der Waals surface area contributed by atoms with Gasteiger partial charge in [0.25, 0.3) is 0 Å². The molecule has 0 spiro atoms. The Morgan fingerprint density at radius 3 is 2.52 bits per heavy atom. The predicted molar refractivity (Wildman–Crippen MR) is 88.9 cm³/mol. The Balaban J connectivity index is 1.80. The second-order valence-electron chi connectivity index (χ2n) is 5.98. The lowest BCUT2D eigenvalue weighted by atomic mass is 9.97. The number of rotatable bonds is 6. The summed E-state index contributed by atoms with van der Waals surface area (Å²) in [6.45, 7) is 0.428. The summed E-state index contributed by atoms with van der Waals surface area (Å²) in [5.74, 6) is -1.27. The number of benzene rings is 1. The summed E-state index contributed by atoms with van der Waals surface area (Å²) < 4.78 is 38.6. The van der Waals surface area contributed by atoms with E-state index < -0.39 is 30.0 Å². The van der Waals surface area contributed by atoms with Crippen LogP contribution in [0.1, 0.15) is 44.1 Å². The number of nitrogens with one attached hydrogen (secondary N) is 2. The first-order valence-corrected chi connectivity index (χ1v) is 8.27. The van der Waals surface area contributed by atoms with Crippen molar-refractivity contribution in [3.8, 4) is 0 Å². The molecule has 0 fully saturated rings. The number of para-hydroxylation sites is 1. The van der Waals surface area contributed by atoms with Gasteiger partial charge in [0.1, 0.15) is 6.42 Å². The van der Waals surface area contributed by atoms with E-state index >= 15 is 0 Å². The van der Waals surface area contributed by atoms with Gasteiger partial charge in [-0.05, 0) is 44.2 Å². The van der Waals surface area contributed by atoms with Gasteiger partial charge in [0.05, 0.1) is 11.3 Å². The maximum Gasteiger partial charge on any atom is 0.418 e. The fourth-order valence-corrected chi connectivity index (χ4v) is 2.74. The van der Waals surface area contributed by atoms with Crippen molar-refractivity contribution in [2.24, 2.45) is 0 Å². The van der Waals surface area contributed by atoms with Crippen LogP contribution in [0.2, 0.25) is 0 Å². The van der Waals surface area contributed by atoms with E-state index in [1.165, 1.54) is 24.1 Å². The second kappa shape index (κ2) is 8.69. The van der Waals surface area contributed by atoms with Gasteiger partial charge in [0.15, 0.2) is 0 Å². The number of allylic oxidation sites excluding steroid dienone is 1. The molecule has 2 amide bonds. The van der Waals surface area contributed by atoms with E-state index in [2.05, 4.69) is 16.7 Å². The van der Waals surface area contributed by atoms with Gasteiger partial charge in [0.2, 0.25) is 11.8 Å². The Morgan fingerprint density at radius 1 is 1.08 bits per heavy atom. The highest BCUT2D eigenvalue weighted by Crippen LogP contribution is 2.34. The third-order valence-corrected chi connectivity index (χ3v) is 3.98. The first-order valence-electron chi connectivity index (χ1n) is 8.27. The summed E-state index contributed by atoms with van der Waals surface area (Å²) in [5.41, 5.74) is 0.0169. The van der Waals surface area contributed by atoms with Crippen LogP contribution in [-0.4, -0.2) is 18.4 Å². The first-order chi connectivity index (χ1) is 11.9. The molecular weight excluding hydrogens is 333 g/mol. The molecule has 7 heteroatoms. The number of carbonyl (C=O) groups excluding carboxylic acids is 2. The SMILES string of the molecule is O=C(CC(=O)Nc1ccccc1C(F)(F)F)NCCC1=CCCCC1. The maximum absolute atomic E-state index is 12.9. The Hall–Kier alpha value is -2.31. The zero-order valence-electron chi connectivity index (χ0n) is 13.8. The van der Waals surface area contributed by atoms with Crippen molar-refractivity contribution in [1.29, 1.82) is 0 Å². The molecule has 2 rings (SSSR count). The molecule has 0 atom stereocenters. The number of amides is 2. The van der Waals surface area contributed by atoms with Crippen LogP contribution in [0, 0.1) is 0 Å². The highest BCUT2D eigenvalue weighted by atomic mass is 19.4. The van der Waals surface area contributed by atoms with Crippen LogP contribution < -0.4 is 10.6 Å². The fraction of sp³-hybridized carbons (Fsp3) is 0.444. The summed E-state index contributed by atoms with van der Waals surface area (Å²) >= 11 is 0. The number of halogens is 3. The first kappa shape index (κ1) is 19.0. The monoisotopic (exact) mass is 354 g/mol. The summed E-state index contributed by atoms with van der Waals surface area (Å²) in [6.07, 6.45) is 2.27. The molecule has 25 heavy (non-hydrogen) atoms. The highest BCUT2D eigenvalue weighted by Gasteiger charge is 2.33. The van der Waals surface area contributed by atoms with Gasteiger partial charge in [0, 0.05) is 6.54 Å². The number of hydrogen-bond donors (Lipinski definition) is 2. The average molecular weight is 354 g/mol. The zero-order chi connectivity index (χ0) is 18.3. The van der Waals surface area contributed by atoms with E-state index in [0.29, 0.717) is 6.54 Å². The van der Waals surface area contributed by atoms with Crippen molar-refractivity contribution in [1.82, 2.24) is 5.32 Å². The fourth-order valence-electron chi connectivity index (χ4n) is 2.74. The van der Waals surface area contributed by atoms with Crippen molar-refractivity contribution in [2.45, 2.75) is 44.7 Å². The minimum Gasteiger partial charge on any atom is -0.355 e. The molecule has 0 radical (unpaired) electrons. The summed E-state index contributed by atoms with van der Waals surface area (Å²) in [4.78, 5) is 23.6. The van der Waals surface area contributed by atoms with Crippen molar-refractivity contribution in [3.63, 3.8) is 0 Å². The standard InChI is InChI=1S/C18H21F3N2O2/c19-18(20,21)14-8-4-5-9-15(14)23-17(25)12-16(24)22-11-10-13-6-2-1-3-7-13/h4-6,8-9H,1-3,7,10-12H2,(H,22,24)(H,23,25). The highest BCUT2D eigenvalue weighted by molar-refractivity contribution is 6.03. The molecular formula is C18H21F3N2O2. The van der Waals surface area contributed by atoms with Gasteiger partial charge >= 0.3 is 6.18 Å². The van der Waals surface area contributed by atoms with Crippen molar-refractivity contribution in [2.75, 3.05) is 11.9 Å². The Kier molecular flexibility index (Phi) is 6.61. The molecule has 0 unspecified atom stereocenters. The van der Waals surface area contributed by atoms with Gasteiger partial charge in [-0.15, -0.1) is 0 Å². The quantitative estimate of drug-likeness (QED) is 0.598. The molecule has 0 saturated carbocycles. The van der Waals surface area contributed by atoms with Gasteiger partial charge in [-0.2, -0.15) is 13.2 Å². The molecule has 1 aliphatic carbocycles.